The number of nitrogens with one attached hydrogen (secondary N) is 3. The van der Waals surface area contributed by atoms with E-state index in [0.717, 1.165) is 118 Å². The number of nitrogens with two attached hydrogens (primary N) is 1. The first-order chi connectivity index (χ1) is 30.7. The highest BCUT2D eigenvalue weighted by atomic mass is 16.7. The van der Waals surface area contributed by atoms with Crippen molar-refractivity contribution in [2.45, 2.75) is 76.8 Å². The molecule has 63 heavy (non-hydrogen) atoms. The Morgan fingerprint density at radius 2 is 1.00 bits per heavy atom. The van der Waals surface area contributed by atoms with Crippen LogP contribution in [0, 0.1) is 13.8 Å². The molecule has 5 N–H and O–H groups in total. The minimum atomic E-state index is -0.491. The zero-order valence-corrected chi connectivity index (χ0v) is 36.1. The van der Waals surface area contributed by atoms with Crippen LogP contribution in [0.15, 0.2) is 121 Å². The third kappa shape index (κ3) is 8.74. The van der Waals surface area contributed by atoms with Gasteiger partial charge in [0.05, 0.1) is 10.8 Å². The fourth-order valence-electron chi connectivity index (χ4n) is 8.49. The molecule has 2 aliphatic carbocycles. The maximum atomic E-state index is 13.3. The molecular weight excluding hydrogens is 789 g/mol. The molecule has 4 aliphatic rings. The van der Waals surface area contributed by atoms with Crippen LogP contribution in [0.1, 0.15) is 72.4 Å². The van der Waals surface area contributed by atoms with E-state index < -0.39 is 10.8 Å². The molecule has 0 aromatic heterocycles. The molecule has 2 fully saturated rings. The third-order valence-electron chi connectivity index (χ3n) is 12.7. The Hall–Kier alpha value is -6.62. The molecule has 10 heteroatoms. The third-order valence-corrected chi connectivity index (χ3v) is 12.7. The molecule has 2 aliphatic heterocycles. The molecule has 6 aromatic rings. The van der Waals surface area contributed by atoms with Crippen molar-refractivity contribution in [1.82, 2.24) is 5.32 Å². The summed E-state index contributed by atoms with van der Waals surface area (Å²) in [5.74, 6) is 2.97. The number of aryl methyl sites for hydroxylation is 2. The number of ether oxygens (including phenoxy) is 4. The number of rotatable bonds is 13. The Kier molecular flexibility index (Phi) is 11.7. The molecule has 2 saturated carbocycles. The zero-order chi connectivity index (χ0) is 43.6. The second-order valence-corrected chi connectivity index (χ2v) is 17.0. The summed E-state index contributed by atoms with van der Waals surface area (Å²) in [6, 6.07) is 40.7. The molecule has 0 bridgehead atoms. The molecular formula is C53H54N4O6. The number of amides is 2. The molecule has 10 nitrogen and oxygen atoms in total. The number of hydrogen-bond donors (Lipinski definition) is 4. The molecule has 0 atom stereocenters. The number of fused-ring (bicyclic) bond motifs is 2. The normalized spacial score (nSPS) is 15.5. The second kappa shape index (κ2) is 17.6. The van der Waals surface area contributed by atoms with E-state index in [1.54, 1.807) is 0 Å². The first-order valence-corrected chi connectivity index (χ1v) is 21.9. The van der Waals surface area contributed by atoms with E-state index in [4.69, 9.17) is 24.7 Å². The van der Waals surface area contributed by atoms with Crippen molar-refractivity contribution in [3.63, 3.8) is 0 Å². The number of benzene rings is 6. The fraction of sp³-hybridized carbons (Fsp3) is 0.283. The van der Waals surface area contributed by atoms with E-state index in [-0.39, 0.29) is 25.4 Å². The fourth-order valence-corrected chi connectivity index (χ4v) is 8.49. The predicted molar refractivity (Wildman–Crippen MR) is 247 cm³/mol. The van der Waals surface area contributed by atoms with Crippen LogP contribution in [0.5, 0.6) is 23.0 Å². The summed E-state index contributed by atoms with van der Waals surface area (Å²) in [7, 11) is 0. The van der Waals surface area contributed by atoms with E-state index in [1.807, 2.05) is 72.8 Å². The van der Waals surface area contributed by atoms with Crippen molar-refractivity contribution in [2.75, 3.05) is 30.8 Å². The summed E-state index contributed by atoms with van der Waals surface area (Å²) in [6.45, 7) is 9.25. The predicted octanol–water partition coefficient (Wildman–Crippen LogP) is 10.1. The summed E-state index contributed by atoms with van der Waals surface area (Å²) in [5.41, 5.74) is 17.5. The van der Waals surface area contributed by atoms with Gasteiger partial charge in [-0.05, 0) is 157 Å². The summed E-state index contributed by atoms with van der Waals surface area (Å²) in [4.78, 5) is 26.5. The van der Waals surface area contributed by atoms with Crippen molar-refractivity contribution in [3.8, 4) is 45.3 Å². The Morgan fingerprint density at radius 1 is 0.556 bits per heavy atom. The minimum Gasteiger partial charge on any atom is -0.454 e. The zero-order valence-electron chi connectivity index (χ0n) is 36.1. The van der Waals surface area contributed by atoms with Gasteiger partial charge >= 0.3 is 0 Å². The second-order valence-electron chi connectivity index (χ2n) is 17.0. The average molecular weight is 843 g/mol. The van der Waals surface area contributed by atoms with Gasteiger partial charge in [0.1, 0.15) is 0 Å². The largest absolute Gasteiger partial charge is 0.454 e. The van der Waals surface area contributed by atoms with E-state index in [2.05, 4.69) is 85.3 Å². The molecule has 2 heterocycles. The Bertz CT molecular complexity index is 2650. The van der Waals surface area contributed by atoms with Gasteiger partial charge in [0.25, 0.3) is 0 Å². The van der Waals surface area contributed by atoms with Crippen LogP contribution in [0.25, 0.3) is 22.3 Å². The first kappa shape index (κ1) is 41.7. The Balaban J connectivity index is 0.000000161. The lowest BCUT2D eigenvalue weighted by molar-refractivity contribution is -0.119. The molecule has 0 saturated heterocycles. The molecule has 10 rings (SSSR count). The maximum absolute atomic E-state index is 13.3. The van der Waals surface area contributed by atoms with Gasteiger partial charge in [-0.25, -0.2) is 0 Å². The SMILES string of the molecule is CCCNCc1ccc(-c2cc(NC(=O)C3(c4ccc5c(c4)OCO5)CC3)ccc2C)cc1.Cc1ccc(NC(=O)C2(c3ccc4c(c3)OCO4)CC2)cc1-c1ccc(CN)cc1. The van der Waals surface area contributed by atoms with Gasteiger partial charge in [0.15, 0.2) is 23.0 Å². The van der Waals surface area contributed by atoms with Crippen LogP contribution in [0.3, 0.4) is 0 Å². The smallest absolute Gasteiger partial charge is 0.235 e. The van der Waals surface area contributed by atoms with Crippen molar-refractivity contribution in [1.29, 1.82) is 0 Å². The topological polar surface area (TPSA) is 133 Å². The van der Waals surface area contributed by atoms with E-state index in [9.17, 15) is 9.59 Å². The number of carbonyl (C=O) groups excluding carboxylic acids is 2. The lowest BCUT2D eigenvalue weighted by atomic mass is 9.94. The monoisotopic (exact) mass is 842 g/mol. The van der Waals surface area contributed by atoms with E-state index in [0.29, 0.717) is 12.3 Å². The van der Waals surface area contributed by atoms with Gasteiger partial charge in [0, 0.05) is 24.5 Å². The summed E-state index contributed by atoms with van der Waals surface area (Å²) >= 11 is 0. The van der Waals surface area contributed by atoms with Gasteiger partial charge in [0.2, 0.25) is 25.4 Å². The Morgan fingerprint density at radius 3 is 1.43 bits per heavy atom. The maximum Gasteiger partial charge on any atom is 0.235 e. The van der Waals surface area contributed by atoms with Crippen molar-refractivity contribution in [3.05, 3.63) is 155 Å². The van der Waals surface area contributed by atoms with E-state index in [1.165, 1.54) is 11.1 Å². The first-order valence-electron chi connectivity index (χ1n) is 21.9. The standard InChI is InChI=1S/C28H30N2O3.C25H24N2O3/c1-3-14-29-17-20-5-7-21(8-6-20)24-16-23(10-4-19(24)2)30-27(31)28(12-13-28)22-9-11-25-26(15-22)33-18-32-25;1-16-2-8-20(13-21(16)18-5-3-17(14-26)4-6-18)27-24(28)25(10-11-25)19-7-9-22-23(12-19)30-15-29-22/h4-11,15-16,29H,3,12-14,17-18H2,1-2H3,(H,30,31);2-9,12-13H,10-11,14-15,26H2,1H3,(H,27,28). The summed E-state index contributed by atoms with van der Waals surface area (Å²) in [5, 5.41) is 9.75. The highest BCUT2D eigenvalue weighted by Crippen LogP contribution is 2.52. The quantitative estimate of drug-likeness (QED) is 0.0845. The molecule has 322 valence electrons. The summed E-state index contributed by atoms with van der Waals surface area (Å²) < 4.78 is 21.8. The molecule has 6 aromatic carbocycles. The lowest BCUT2D eigenvalue weighted by Crippen LogP contribution is -2.27. The van der Waals surface area contributed by atoms with E-state index >= 15 is 0 Å². The van der Waals surface area contributed by atoms with Gasteiger partial charge in [-0.2, -0.15) is 0 Å². The summed E-state index contributed by atoms with van der Waals surface area (Å²) in [6.07, 6.45) is 4.47. The highest BCUT2D eigenvalue weighted by Gasteiger charge is 2.52. The van der Waals surface area contributed by atoms with Crippen LogP contribution in [0.4, 0.5) is 11.4 Å². The van der Waals surface area contributed by atoms with Crippen LogP contribution >= 0.6 is 0 Å². The van der Waals surface area contributed by atoms with Crippen LogP contribution in [-0.2, 0) is 33.5 Å². The Labute approximate surface area is 369 Å². The van der Waals surface area contributed by atoms with Crippen molar-refractivity contribution in [2.24, 2.45) is 5.73 Å². The van der Waals surface area contributed by atoms with Gasteiger partial charge in [-0.3, -0.25) is 9.59 Å². The minimum absolute atomic E-state index is 0.0228. The lowest BCUT2D eigenvalue weighted by Gasteiger charge is -2.17. The highest BCUT2D eigenvalue weighted by molar-refractivity contribution is 6.03. The van der Waals surface area contributed by atoms with Crippen LogP contribution < -0.4 is 40.6 Å². The van der Waals surface area contributed by atoms with Crippen LogP contribution in [0.2, 0.25) is 0 Å². The molecule has 0 spiro atoms. The van der Waals surface area contributed by atoms with Gasteiger partial charge in [-0.15, -0.1) is 0 Å². The van der Waals surface area contributed by atoms with Crippen molar-refractivity contribution < 1.29 is 28.5 Å². The number of carbonyl (C=O) groups is 2. The van der Waals surface area contributed by atoms with Gasteiger partial charge in [-0.1, -0.05) is 79.7 Å². The molecule has 0 unspecified atom stereocenters. The molecule has 2 amide bonds. The number of anilines is 2. The average Bonchev–Trinajstić information content (AvgIpc) is 4.21. The van der Waals surface area contributed by atoms with Gasteiger partial charge < -0.3 is 40.6 Å². The van der Waals surface area contributed by atoms with Crippen molar-refractivity contribution >= 4 is 23.2 Å². The van der Waals surface area contributed by atoms with Crippen LogP contribution in [-0.4, -0.2) is 31.9 Å². The molecule has 0 radical (unpaired) electrons. The number of hydrogen-bond acceptors (Lipinski definition) is 8.